The van der Waals surface area contributed by atoms with Gasteiger partial charge in [0.05, 0.1) is 12.2 Å². The van der Waals surface area contributed by atoms with Crippen LogP contribution in [-0.4, -0.2) is 30.0 Å². The van der Waals surface area contributed by atoms with Gasteiger partial charge in [-0.2, -0.15) is 13.2 Å². The third-order valence-corrected chi connectivity index (χ3v) is 8.11. The highest BCUT2D eigenvalue weighted by Crippen LogP contribution is 2.40. The lowest BCUT2D eigenvalue weighted by Crippen LogP contribution is -2.41. The van der Waals surface area contributed by atoms with Crippen molar-refractivity contribution in [3.05, 3.63) is 87.3 Å². The highest BCUT2D eigenvalue weighted by Gasteiger charge is 2.49. The van der Waals surface area contributed by atoms with Crippen LogP contribution < -0.4 is 15.7 Å². The van der Waals surface area contributed by atoms with Crippen molar-refractivity contribution in [2.75, 3.05) is 13.2 Å². The van der Waals surface area contributed by atoms with E-state index in [1.54, 1.807) is 6.92 Å². The molecule has 0 saturated carbocycles. The Bertz CT molecular complexity index is 1780. The Hall–Kier alpha value is -4.34. The van der Waals surface area contributed by atoms with Crippen molar-refractivity contribution in [1.29, 1.82) is 0 Å². The zero-order chi connectivity index (χ0) is 31.6. The van der Waals surface area contributed by atoms with Gasteiger partial charge in [-0.15, -0.1) is 0 Å². The third kappa shape index (κ3) is 5.77. The third-order valence-electron chi connectivity index (χ3n) is 8.11. The molecule has 1 aliphatic rings. The molecule has 44 heavy (non-hydrogen) atoms. The van der Waals surface area contributed by atoms with Gasteiger partial charge in [-0.25, -0.2) is 9.59 Å². The average molecular weight is 609 g/mol. The summed E-state index contributed by atoms with van der Waals surface area (Å²) in [6.45, 7) is 5.90. The summed E-state index contributed by atoms with van der Waals surface area (Å²) in [5.41, 5.74) is -1.62. The summed E-state index contributed by atoms with van der Waals surface area (Å²) in [6, 6.07) is 14.8. The van der Waals surface area contributed by atoms with Gasteiger partial charge in [-0.3, -0.25) is 9.69 Å². The smallest absolute Gasteiger partial charge is 0.417 e. The van der Waals surface area contributed by atoms with E-state index in [1.165, 1.54) is 11.0 Å². The topological polar surface area (TPSA) is 88.8 Å². The molecular formula is C34H35F3N2O5. The number of alkyl halides is 3. The number of aryl methyl sites for hydroxylation is 2. The van der Waals surface area contributed by atoms with Crippen LogP contribution in [-0.2, 0) is 29.4 Å². The summed E-state index contributed by atoms with van der Waals surface area (Å²) < 4.78 is 53.1. The summed E-state index contributed by atoms with van der Waals surface area (Å²) in [5.74, 6) is 0.0995. The average Bonchev–Trinajstić information content (AvgIpc) is 3.20. The fraction of sp³-hybridized carbons (Fsp3) is 0.382. The fourth-order valence-electron chi connectivity index (χ4n) is 6.04. The number of nitrogens with one attached hydrogen (secondary N) is 1. The normalized spacial score (nSPS) is 17.1. The number of carbonyl (C=O) groups excluding carboxylic acids is 2. The first-order valence-electron chi connectivity index (χ1n) is 14.9. The first kappa shape index (κ1) is 31.1. The second-order valence-corrected chi connectivity index (χ2v) is 11.3. The summed E-state index contributed by atoms with van der Waals surface area (Å²) in [6.07, 6.45) is -1.67. The number of unbranched alkanes of at least 4 members (excludes halogenated alkanes) is 1. The van der Waals surface area contributed by atoms with Crippen LogP contribution in [0.1, 0.15) is 68.7 Å². The zero-order valence-electron chi connectivity index (χ0n) is 25.0. The summed E-state index contributed by atoms with van der Waals surface area (Å²) in [5, 5.41) is 4.58. The maximum absolute atomic E-state index is 13.8. The van der Waals surface area contributed by atoms with Gasteiger partial charge in [0, 0.05) is 23.6 Å². The number of rotatable bonds is 11. The standard InChI is InChI=1S/C34H35F3N2O5/c1-4-11-22-19-25-27(34(35,36)37)20-28(40)44-30(25)24(12-5-2)29(22)43-18-9-8-17-39-31(41)33(3,38-32(39)42)26-16-10-14-21-13-6-7-15-23(21)26/h6-7,10,13-16,19-20H,4-5,8-9,11-12,17-18H2,1-3H3,(H,38,42). The maximum Gasteiger partial charge on any atom is 0.417 e. The highest BCUT2D eigenvalue weighted by molar-refractivity contribution is 6.09. The molecule has 2 heterocycles. The molecule has 0 radical (unpaired) electrons. The Morgan fingerprint density at radius 1 is 0.932 bits per heavy atom. The van der Waals surface area contributed by atoms with E-state index in [0.717, 1.165) is 16.3 Å². The monoisotopic (exact) mass is 608 g/mol. The molecule has 5 rings (SSSR count). The number of halogens is 3. The van der Waals surface area contributed by atoms with Crippen molar-refractivity contribution in [1.82, 2.24) is 10.2 Å². The number of amides is 3. The molecule has 1 saturated heterocycles. The minimum atomic E-state index is -4.72. The van der Waals surface area contributed by atoms with Crippen LogP contribution in [0.5, 0.6) is 5.75 Å². The van der Waals surface area contributed by atoms with Crippen molar-refractivity contribution in [2.45, 2.75) is 71.0 Å². The van der Waals surface area contributed by atoms with E-state index in [4.69, 9.17) is 9.15 Å². The van der Waals surface area contributed by atoms with Gasteiger partial charge in [0.2, 0.25) is 0 Å². The zero-order valence-corrected chi connectivity index (χ0v) is 25.0. The molecule has 3 aromatic carbocycles. The number of nitrogens with zero attached hydrogens (tertiary/aromatic N) is 1. The van der Waals surface area contributed by atoms with Crippen LogP contribution in [0.25, 0.3) is 21.7 Å². The van der Waals surface area contributed by atoms with E-state index >= 15 is 0 Å². The van der Waals surface area contributed by atoms with Crippen molar-refractivity contribution in [2.24, 2.45) is 0 Å². The molecule has 232 valence electrons. The number of fused-ring (bicyclic) bond motifs is 2. The Morgan fingerprint density at radius 2 is 1.66 bits per heavy atom. The summed E-state index contributed by atoms with van der Waals surface area (Å²) >= 11 is 0. The molecule has 0 spiro atoms. The molecule has 0 bridgehead atoms. The van der Waals surface area contributed by atoms with Crippen molar-refractivity contribution in [3.63, 3.8) is 0 Å². The van der Waals surface area contributed by atoms with Crippen LogP contribution in [0.4, 0.5) is 18.0 Å². The number of hydrogen-bond donors (Lipinski definition) is 1. The fourth-order valence-corrected chi connectivity index (χ4v) is 6.04. The van der Waals surface area contributed by atoms with Crippen LogP contribution in [0.15, 0.2) is 63.8 Å². The molecule has 7 nitrogen and oxygen atoms in total. The molecule has 4 aromatic rings. The molecule has 1 N–H and O–H groups in total. The van der Waals surface area contributed by atoms with Gasteiger partial charge >= 0.3 is 17.8 Å². The van der Waals surface area contributed by atoms with E-state index in [-0.39, 0.29) is 30.0 Å². The Morgan fingerprint density at radius 3 is 2.39 bits per heavy atom. The quantitative estimate of drug-likeness (QED) is 0.108. The van der Waals surface area contributed by atoms with Crippen molar-refractivity contribution in [3.8, 4) is 5.75 Å². The molecule has 1 aliphatic heterocycles. The van der Waals surface area contributed by atoms with E-state index < -0.39 is 28.9 Å². The largest absolute Gasteiger partial charge is 0.493 e. The van der Waals surface area contributed by atoms with Crippen LogP contribution in [0, 0.1) is 0 Å². The lowest BCUT2D eigenvalue weighted by atomic mass is 9.88. The second-order valence-electron chi connectivity index (χ2n) is 11.3. The predicted octanol–water partition coefficient (Wildman–Crippen LogP) is 7.50. The van der Waals surface area contributed by atoms with E-state index in [2.05, 4.69) is 5.32 Å². The molecule has 0 aliphatic carbocycles. The van der Waals surface area contributed by atoms with E-state index in [9.17, 15) is 27.6 Å². The molecule has 1 atom stereocenters. The first-order valence-corrected chi connectivity index (χ1v) is 14.9. The van der Waals surface area contributed by atoms with E-state index in [1.807, 2.05) is 56.3 Å². The lowest BCUT2D eigenvalue weighted by Gasteiger charge is -2.24. The molecular weight excluding hydrogens is 573 g/mol. The van der Waals surface area contributed by atoms with Gasteiger partial charge in [-0.05, 0) is 60.6 Å². The molecule has 1 unspecified atom stereocenters. The minimum absolute atomic E-state index is 0.103. The number of ether oxygens (including phenoxy) is 1. The molecule has 1 fully saturated rings. The van der Waals surface area contributed by atoms with Crippen LogP contribution in [0.3, 0.4) is 0 Å². The number of carbonyl (C=O) groups is 2. The highest BCUT2D eigenvalue weighted by atomic mass is 19.4. The second kappa shape index (κ2) is 12.3. The van der Waals surface area contributed by atoms with Gasteiger partial charge in [0.25, 0.3) is 5.91 Å². The van der Waals surface area contributed by atoms with Gasteiger partial charge < -0.3 is 14.5 Å². The van der Waals surface area contributed by atoms with Gasteiger partial charge in [0.1, 0.15) is 16.9 Å². The summed E-state index contributed by atoms with van der Waals surface area (Å²) in [4.78, 5) is 39.8. The number of benzene rings is 3. The Labute approximate surface area is 253 Å². The SMILES string of the molecule is CCCc1cc2c(C(F)(F)F)cc(=O)oc2c(CCC)c1OCCCCN1C(=O)NC(C)(c2cccc3ccccc23)C1=O. The Balaban J connectivity index is 1.33. The van der Waals surface area contributed by atoms with Crippen molar-refractivity contribution < 1.29 is 31.9 Å². The van der Waals surface area contributed by atoms with Gasteiger partial charge in [0.15, 0.2) is 0 Å². The lowest BCUT2D eigenvalue weighted by molar-refractivity contribution is -0.136. The van der Waals surface area contributed by atoms with Crippen molar-refractivity contribution >= 4 is 33.7 Å². The number of hydrogen-bond acceptors (Lipinski definition) is 5. The Kier molecular flexibility index (Phi) is 8.72. The molecule has 1 aromatic heterocycles. The van der Waals surface area contributed by atoms with Crippen LogP contribution >= 0.6 is 0 Å². The van der Waals surface area contributed by atoms with Gasteiger partial charge in [-0.1, -0.05) is 69.2 Å². The van der Waals surface area contributed by atoms with E-state index in [0.29, 0.717) is 61.5 Å². The molecule has 10 heteroatoms. The maximum atomic E-state index is 13.8. The predicted molar refractivity (Wildman–Crippen MR) is 162 cm³/mol. The molecule has 3 amide bonds. The number of imide groups is 1. The minimum Gasteiger partial charge on any atom is -0.493 e. The number of urea groups is 1. The van der Waals surface area contributed by atoms with Crippen LogP contribution in [0.2, 0.25) is 0 Å². The summed E-state index contributed by atoms with van der Waals surface area (Å²) in [7, 11) is 0. The first-order chi connectivity index (χ1) is 21.0.